The third-order valence-electron chi connectivity index (χ3n) is 3.74. The first-order valence-corrected chi connectivity index (χ1v) is 7.16. The predicted molar refractivity (Wildman–Crippen MR) is 77.9 cm³/mol. The Labute approximate surface area is 123 Å². The predicted octanol–water partition coefficient (Wildman–Crippen LogP) is 0.455. The highest BCUT2D eigenvalue weighted by Gasteiger charge is 2.37. The molecule has 7 heteroatoms. The SMILES string of the molecule is FCCOC1(N2CCNCC2)C=CC(c2cn[nH]c2)=CN1. The van der Waals surface area contributed by atoms with Gasteiger partial charge in [-0.3, -0.25) is 10.00 Å². The summed E-state index contributed by atoms with van der Waals surface area (Å²) >= 11 is 0. The molecule has 0 bridgehead atoms. The van der Waals surface area contributed by atoms with Gasteiger partial charge in [-0.25, -0.2) is 4.39 Å². The van der Waals surface area contributed by atoms with Crippen LogP contribution < -0.4 is 10.6 Å². The zero-order valence-corrected chi connectivity index (χ0v) is 11.8. The molecule has 1 atom stereocenters. The lowest BCUT2D eigenvalue weighted by molar-refractivity contribution is -0.142. The minimum Gasteiger partial charge on any atom is -0.347 e. The highest BCUT2D eigenvalue weighted by molar-refractivity contribution is 5.74. The molecule has 1 aromatic heterocycles. The van der Waals surface area contributed by atoms with Crippen molar-refractivity contribution in [2.45, 2.75) is 5.85 Å². The molecule has 2 aliphatic rings. The van der Waals surface area contributed by atoms with Crippen LogP contribution in [-0.4, -0.2) is 60.4 Å². The summed E-state index contributed by atoms with van der Waals surface area (Å²) in [6.45, 7) is 3.05. The van der Waals surface area contributed by atoms with Crippen molar-refractivity contribution in [2.24, 2.45) is 0 Å². The van der Waals surface area contributed by atoms with Crippen LogP contribution in [0.5, 0.6) is 0 Å². The molecule has 3 N–H and O–H groups in total. The van der Waals surface area contributed by atoms with Gasteiger partial charge in [-0.15, -0.1) is 0 Å². The Morgan fingerprint density at radius 3 is 2.86 bits per heavy atom. The molecule has 0 saturated carbocycles. The summed E-state index contributed by atoms with van der Waals surface area (Å²) in [4.78, 5) is 2.18. The second-order valence-corrected chi connectivity index (χ2v) is 5.04. The Bertz CT molecular complexity index is 509. The van der Waals surface area contributed by atoms with Gasteiger partial charge >= 0.3 is 0 Å². The van der Waals surface area contributed by atoms with E-state index in [0.29, 0.717) is 0 Å². The maximum absolute atomic E-state index is 12.5. The molecule has 114 valence electrons. The lowest BCUT2D eigenvalue weighted by Gasteiger charge is -2.44. The summed E-state index contributed by atoms with van der Waals surface area (Å²) in [7, 11) is 0. The van der Waals surface area contributed by atoms with Crippen molar-refractivity contribution in [1.82, 2.24) is 25.7 Å². The molecule has 3 rings (SSSR count). The van der Waals surface area contributed by atoms with E-state index in [4.69, 9.17) is 4.74 Å². The number of halogens is 1. The molecule has 1 aromatic rings. The van der Waals surface area contributed by atoms with Crippen LogP contribution in [0.1, 0.15) is 5.56 Å². The van der Waals surface area contributed by atoms with Gasteiger partial charge in [-0.1, -0.05) is 6.08 Å². The van der Waals surface area contributed by atoms with E-state index in [1.54, 1.807) is 6.20 Å². The Morgan fingerprint density at radius 2 is 2.24 bits per heavy atom. The molecule has 0 aromatic carbocycles. The molecule has 1 fully saturated rings. The summed E-state index contributed by atoms with van der Waals surface area (Å²) in [5.41, 5.74) is 2.01. The van der Waals surface area contributed by atoms with Gasteiger partial charge in [0.2, 0.25) is 5.85 Å². The molecule has 0 amide bonds. The van der Waals surface area contributed by atoms with Gasteiger partial charge < -0.3 is 15.4 Å². The fourth-order valence-electron chi connectivity index (χ4n) is 2.64. The Morgan fingerprint density at radius 1 is 1.38 bits per heavy atom. The van der Waals surface area contributed by atoms with Crippen molar-refractivity contribution in [2.75, 3.05) is 39.5 Å². The van der Waals surface area contributed by atoms with Gasteiger partial charge in [0.25, 0.3) is 0 Å². The number of alkyl halides is 1. The summed E-state index contributed by atoms with van der Waals surface area (Å²) in [6, 6.07) is 0. The summed E-state index contributed by atoms with van der Waals surface area (Å²) in [5, 5.41) is 13.3. The molecule has 1 unspecified atom stereocenters. The molecule has 0 spiro atoms. The van der Waals surface area contributed by atoms with Crippen LogP contribution in [0.25, 0.3) is 5.57 Å². The quantitative estimate of drug-likeness (QED) is 0.736. The highest BCUT2D eigenvalue weighted by atomic mass is 19.1. The number of allylic oxidation sites excluding steroid dienone is 2. The average Bonchev–Trinajstić information content (AvgIpc) is 3.09. The molecular formula is C14H20FN5O. The second-order valence-electron chi connectivity index (χ2n) is 5.04. The summed E-state index contributed by atoms with van der Waals surface area (Å²) in [5.74, 6) is -0.762. The van der Waals surface area contributed by atoms with E-state index >= 15 is 0 Å². The number of aromatic nitrogens is 2. The smallest absolute Gasteiger partial charge is 0.218 e. The lowest BCUT2D eigenvalue weighted by atomic mass is 10.1. The van der Waals surface area contributed by atoms with E-state index < -0.39 is 12.5 Å². The van der Waals surface area contributed by atoms with E-state index in [-0.39, 0.29) is 6.61 Å². The number of hydrogen-bond acceptors (Lipinski definition) is 5. The molecule has 21 heavy (non-hydrogen) atoms. The molecule has 0 radical (unpaired) electrons. The highest BCUT2D eigenvalue weighted by Crippen LogP contribution is 2.25. The fraction of sp³-hybridized carbons (Fsp3) is 0.500. The monoisotopic (exact) mass is 293 g/mol. The van der Waals surface area contributed by atoms with Gasteiger partial charge in [-0.05, 0) is 6.08 Å². The molecule has 2 aliphatic heterocycles. The first-order valence-electron chi connectivity index (χ1n) is 7.16. The summed E-state index contributed by atoms with van der Waals surface area (Å²) in [6.07, 6.45) is 9.43. The zero-order chi connectivity index (χ0) is 14.5. The molecule has 1 saturated heterocycles. The van der Waals surface area contributed by atoms with Gasteiger partial charge in [0, 0.05) is 49.7 Å². The van der Waals surface area contributed by atoms with Crippen LogP contribution in [0, 0.1) is 0 Å². The van der Waals surface area contributed by atoms with E-state index in [9.17, 15) is 4.39 Å². The van der Waals surface area contributed by atoms with Crippen LogP contribution in [0.3, 0.4) is 0 Å². The van der Waals surface area contributed by atoms with E-state index in [2.05, 4.69) is 25.7 Å². The maximum Gasteiger partial charge on any atom is 0.218 e. The Balaban J connectivity index is 1.77. The normalized spacial score (nSPS) is 26.4. The number of ether oxygens (including phenoxy) is 1. The van der Waals surface area contributed by atoms with Gasteiger partial charge in [0.1, 0.15) is 6.67 Å². The van der Waals surface area contributed by atoms with Crippen molar-refractivity contribution in [3.8, 4) is 0 Å². The first-order chi connectivity index (χ1) is 10.3. The minimum absolute atomic E-state index is 0.0656. The molecule has 0 aliphatic carbocycles. The number of rotatable bonds is 5. The average molecular weight is 293 g/mol. The standard InChI is InChI=1S/C14H20FN5O/c15-3-8-21-14(20-6-4-16-5-7-20)2-1-12(9-17-14)13-10-18-19-11-13/h1-2,9-11,16-17H,3-8H2,(H,18,19). The molecular weight excluding hydrogens is 273 g/mol. The van der Waals surface area contributed by atoms with Crippen molar-refractivity contribution < 1.29 is 9.13 Å². The van der Waals surface area contributed by atoms with Crippen molar-refractivity contribution in [3.05, 3.63) is 36.3 Å². The molecule has 6 nitrogen and oxygen atoms in total. The van der Waals surface area contributed by atoms with Crippen LogP contribution in [0.15, 0.2) is 30.7 Å². The third kappa shape index (κ3) is 2.99. The van der Waals surface area contributed by atoms with Crippen molar-refractivity contribution in [1.29, 1.82) is 0 Å². The van der Waals surface area contributed by atoms with Crippen molar-refractivity contribution in [3.63, 3.8) is 0 Å². The largest absolute Gasteiger partial charge is 0.347 e. The second kappa shape index (κ2) is 6.38. The Kier molecular flexibility index (Phi) is 4.33. The number of nitrogens with one attached hydrogen (secondary N) is 3. The zero-order valence-electron chi connectivity index (χ0n) is 11.8. The van der Waals surface area contributed by atoms with Crippen LogP contribution in [0.2, 0.25) is 0 Å². The number of hydrogen-bond donors (Lipinski definition) is 3. The lowest BCUT2D eigenvalue weighted by Crippen LogP contribution is -2.63. The van der Waals surface area contributed by atoms with E-state index in [0.717, 1.165) is 37.3 Å². The third-order valence-corrected chi connectivity index (χ3v) is 3.74. The topological polar surface area (TPSA) is 65.2 Å². The van der Waals surface area contributed by atoms with Crippen LogP contribution in [-0.2, 0) is 4.74 Å². The minimum atomic E-state index is -0.762. The van der Waals surface area contributed by atoms with Crippen molar-refractivity contribution >= 4 is 5.57 Å². The van der Waals surface area contributed by atoms with Gasteiger partial charge in [0.05, 0.1) is 12.8 Å². The maximum atomic E-state index is 12.5. The fourth-order valence-corrected chi connectivity index (χ4v) is 2.64. The molecule has 3 heterocycles. The van der Waals surface area contributed by atoms with Crippen LogP contribution >= 0.6 is 0 Å². The number of dihydropyridines is 1. The Hall–Kier alpha value is -1.70. The van der Waals surface area contributed by atoms with Crippen LogP contribution in [0.4, 0.5) is 4.39 Å². The van der Waals surface area contributed by atoms with Gasteiger partial charge in [0.15, 0.2) is 0 Å². The van der Waals surface area contributed by atoms with Gasteiger partial charge in [-0.2, -0.15) is 5.10 Å². The summed E-state index contributed by atoms with van der Waals surface area (Å²) < 4.78 is 18.3. The first kappa shape index (κ1) is 14.2. The van der Waals surface area contributed by atoms with E-state index in [1.807, 2.05) is 24.5 Å². The number of nitrogens with zero attached hydrogens (tertiary/aromatic N) is 2. The number of piperazine rings is 1. The van der Waals surface area contributed by atoms with E-state index in [1.165, 1.54) is 0 Å². The number of H-pyrrole nitrogens is 1. The number of aromatic amines is 1.